The first-order chi connectivity index (χ1) is 8.81. The van der Waals surface area contributed by atoms with Crippen molar-refractivity contribution in [2.45, 2.75) is 0 Å². The molecule has 0 N–H and O–H groups in total. The molecule has 0 aliphatic carbocycles. The minimum absolute atomic E-state index is 0.484. The number of hydrogen-bond acceptors (Lipinski definition) is 2. The van der Waals surface area contributed by atoms with Crippen LogP contribution in [0.3, 0.4) is 0 Å². The standard InChI is InChI=1S/C15H13NO2/c1-2-16(13-9-5-3-6-10-13)15(17)18-14-11-7-4-8-12-14/h2-12H,1H2. The third-order valence-electron chi connectivity index (χ3n) is 2.36. The van der Waals surface area contributed by atoms with E-state index in [9.17, 15) is 4.79 Å². The number of hydrogen-bond donors (Lipinski definition) is 0. The van der Waals surface area contributed by atoms with Gasteiger partial charge in [-0.15, -0.1) is 0 Å². The van der Waals surface area contributed by atoms with Gasteiger partial charge >= 0.3 is 6.09 Å². The van der Waals surface area contributed by atoms with Gasteiger partial charge < -0.3 is 4.74 Å². The van der Waals surface area contributed by atoms with Crippen LogP contribution in [0.1, 0.15) is 0 Å². The van der Waals surface area contributed by atoms with E-state index in [-0.39, 0.29) is 0 Å². The van der Waals surface area contributed by atoms with Gasteiger partial charge in [-0.2, -0.15) is 0 Å². The predicted molar refractivity (Wildman–Crippen MR) is 71.6 cm³/mol. The summed E-state index contributed by atoms with van der Waals surface area (Å²) in [6.07, 6.45) is 0.947. The lowest BCUT2D eigenvalue weighted by Crippen LogP contribution is -2.28. The Kier molecular flexibility index (Phi) is 3.76. The van der Waals surface area contributed by atoms with Crippen molar-refractivity contribution in [1.29, 1.82) is 0 Å². The van der Waals surface area contributed by atoms with Gasteiger partial charge in [0.1, 0.15) is 5.75 Å². The fraction of sp³-hybridized carbons (Fsp3) is 0. The van der Waals surface area contributed by atoms with E-state index in [2.05, 4.69) is 6.58 Å². The predicted octanol–water partition coefficient (Wildman–Crippen LogP) is 3.84. The van der Waals surface area contributed by atoms with Crippen molar-refractivity contribution in [2.24, 2.45) is 0 Å². The van der Waals surface area contributed by atoms with Crippen molar-refractivity contribution in [3.05, 3.63) is 73.4 Å². The zero-order valence-electron chi connectivity index (χ0n) is 9.82. The number of anilines is 1. The van der Waals surface area contributed by atoms with Crippen LogP contribution in [0.5, 0.6) is 5.75 Å². The zero-order chi connectivity index (χ0) is 12.8. The Morgan fingerprint density at radius 2 is 1.56 bits per heavy atom. The highest BCUT2D eigenvalue weighted by Crippen LogP contribution is 2.17. The zero-order valence-corrected chi connectivity index (χ0v) is 9.82. The molecule has 2 aromatic carbocycles. The van der Waals surface area contributed by atoms with Gasteiger partial charge in [-0.05, 0) is 24.3 Å². The van der Waals surface area contributed by atoms with Crippen LogP contribution in [0.2, 0.25) is 0 Å². The van der Waals surface area contributed by atoms with Crippen molar-refractivity contribution in [3.63, 3.8) is 0 Å². The van der Waals surface area contributed by atoms with Crippen LogP contribution in [-0.2, 0) is 0 Å². The Hall–Kier alpha value is -2.55. The van der Waals surface area contributed by atoms with Gasteiger partial charge in [0.25, 0.3) is 0 Å². The fourth-order valence-electron chi connectivity index (χ4n) is 1.51. The maximum Gasteiger partial charge on any atom is 0.423 e. The average Bonchev–Trinajstić information content (AvgIpc) is 2.42. The Labute approximate surface area is 106 Å². The Bertz CT molecular complexity index is 523. The molecule has 18 heavy (non-hydrogen) atoms. The minimum atomic E-state index is -0.484. The minimum Gasteiger partial charge on any atom is -0.410 e. The SMILES string of the molecule is C=CN(C(=O)Oc1ccccc1)c1ccccc1. The average molecular weight is 239 g/mol. The van der Waals surface area contributed by atoms with Crippen molar-refractivity contribution in [2.75, 3.05) is 4.90 Å². The molecule has 0 aromatic heterocycles. The lowest BCUT2D eigenvalue weighted by molar-refractivity contribution is 0.210. The maximum atomic E-state index is 12.0. The normalized spacial score (nSPS) is 9.56. The number of amides is 1. The second kappa shape index (κ2) is 5.68. The molecule has 2 rings (SSSR count). The second-order valence-electron chi connectivity index (χ2n) is 3.57. The van der Waals surface area contributed by atoms with Crippen LogP contribution >= 0.6 is 0 Å². The van der Waals surface area contributed by atoms with E-state index >= 15 is 0 Å². The fourth-order valence-corrected chi connectivity index (χ4v) is 1.51. The van der Waals surface area contributed by atoms with Crippen LogP contribution in [0.25, 0.3) is 0 Å². The van der Waals surface area contributed by atoms with Crippen LogP contribution in [0, 0.1) is 0 Å². The monoisotopic (exact) mass is 239 g/mol. The quantitative estimate of drug-likeness (QED) is 0.814. The molecule has 0 aliphatic heterocycles. The summed E-state index contributed by atoms with van der Waals surface area (Å²) in [6.45, 7) is 3.63. The molecule has 0 heterocycles. The highest BCUT2D eigenvalue weighted by Gasteiger charge is 2.14. The molecule has 0 aliphatic rings. The van der Waals surface area contributed by atoms with Gasteiger partial charge in [0.2, 0.25) is 0 Å². The molecule has 1 amide bonds. The number of carbonyl (C=O) groups excluding carboxylic acids is 1. The van der Waals surface area contributed by atoms with Gasteiger partial charge in [0.15, 0.2) is 0 Å². The maximum absolute atomic E-state index is 12.0. The van der Waals surface area contributed by atoms with E-state index in [1.165, 1.54) is 11.1 Å². The van der Waals surface area contributed by atoms with E-state index in [0.717, 1.165) is 0 Å². The number of carbonyl (C=O) groups is 1. The number of para-hydroxylation sites is 2. The van der Waals surface area contributed by atoms with Crippen LogP contribution < -0.4 is 9.64 Å². The van der Waals surface area contributed by atoms with Gasteiger partial charge in [-0.3, -0.25) is 4.90 Å². The molecule has 0 unspecified atom stereocenters. The molecule has 0 radical (unpaired) electrons. The van der Waals surface area contributed by atoms with Gasteiger partial charge in [-0.25, -0.2) is 4.79 Å². The van der Waals surface area contributed by atoms with E-state index in [0.29, 0.717) is 11.4 Å². The topological polar surface area (TPSA) is 29.5 Å². The Morgan fingerprint density at radius 1 is 1.00 bits per heavy atom. The molecular formula is C15H13NO2. The molecule has 3 heteroatoms. The summed E-state index contributed by atoms with van der Waals surface area (Å²) < 4.78 is 5.24. The van der Waals surface area contributed by atoms with Crippen LogP contribution in [-0.4, -0.2) is 6.09 Å². The summed E-state index contributed by atoms with van der Waals surface area (Å²) in [5, 5.41) is 0. The summed E-state index contributed by atoms with van der Waals surface area (Å²) in [6, 6.07) is 18.1. The number of nitrogens with zero attached hydrogens (tertiary/aromatic N) is 1. The second-order valence-corrected chi connectivity index (χ2v) is 3.57. The van der Waals surface area contributed by atoms with Crippen molar-refractivity contribution in [3.8, 4) is 5.75 Å². The Morgan fingerprint density at radius 3 is 2.11 bits per heavy atom. The van der Waals surface area contributed by atoms with Gasteiger partial charge in [-0.1, -0.05) is 43.0 Å². The molecule has 0 atom stereocenters. The molecule has 0 spiro atoms. The van der Waals surface area contributed by atoms with E-state index in [1.807, 2.05) is 48.5 Å². The number of ether oxygens (including phenoxy) is 1. The molecule has 3 nitrogen and oxygen atoms in total. The first-order valence-corrected chi connectivity index (χ1v) is 5.55. The largest absolute Gasteiger partial charge is 0.423 e. The first-order valence-electron chi connectivity index (χ1n) is 5.55. The highest BCUT2D eigenvalue weighted by molar-refractivity contribution is 5.90. The smallest absolute Gasteiger partial charge is 0.410 e. The molecule has 0 fully saturated rings. The van der Waals surface area contributed by atoms with E-state index in [1.54, 1.807) is 12.1 Å². The summed E-state index contributed by atoms with van der Waals surface area (Å²) in [5.41, 5.74) is 0.716. The van der Waals surface area contributed by atoms with Gasteiger partial charge in [0, 0.05) is 6.20 Å². The van der Waals surface area contributed by atoms with Crippen molar-refractivity contribution in [1.82, 2.24) is 0 Å². The summed E-state index contributed by atoms with van der Waals surface area (Å²) >= 11 is 0. The lowest BCUT2D eigenvalue weighted by Gasteiger charge is -2.17. The molecule has 2 aromatic rings. The Balaban J connectivity index is 2.14. The molecule has 0 saturated carbocycles. The molecule has 90 valence electrons. The van der Waals surface area contributed by atoms with E-state index in [4.69, 9.17) is 4.74 Å². The number of rotatable bonds is 3. The summed E-state index contributed by atoms with van der Waals surface area (Å²) in [4.78, 5) is 13.3. The first kappa shape index (κ1) is 11.9. The lowest BCUT2D eigenvalue weighted by atomic mass is 10.3. The summed E-state index contributed by atoms with van der Waals surface area (Å²) in [7, 11) is 0. The molecule has 0 bridgehead atoms. The highest BCUT2D eigenvalue weighted by atomic mass is 16.6. The van der Waals surface area contributed by atoms with Crippen LogP contribution in [0.15, 0.2) is 73.4 Å². The third-order valence-corrected chi connectivity index (χ3v) is 2.36. The van der Waals surface area contributed by atoms with Crippen molar-refractivity contribution < 1.29 is 9.53 Å². The summed E-state index contributed by atoms with van der Waals surface area (Å²) in [5.74, 6) is 0.505. The van der Waals surface area contributed by atoms with E-state index < -0.39 is 6.09 Å². The molecular weight excluding hydrogens is 226 g/mol. The molecule has 0 saturated heterocycles. The van der Waals surface area contributed by atoms with Gasteiger partial charge in [0.05, 0.1) is 5.69 Å². The third kappa shape index (κ3) is 2.77. The number of benzene rings is 2. The van der Waals surface area contributed by atoms with Crippen LogP contribution in [0.4, 0.5) is 10.5 Å². The van der Waals surface area contributed by atoms with Crippen molar-refractivity contribution >= 4 is 11.8 Å².